The minimum Gasteiger partial charge on any atom is -0.492 e. The molecule has 0 spiro atoms. The van der Waals surface area contributed by atoms with E-state index in [-0.39, 0.29) is 32.2 Å². The lowest BCUT2D eigenvalue weighted by molar-refractivity contribution is 0.0154. The molecule has 9 nitrogen and oxygen atoms in total. The molecule has 1 amide bonds. The lowest BCUT2D eigenvalue weighted by atomic mass is 9.62. The average molecular weight is 515 g/mol. The third-order valence-electron chi connectivity index (χ3n) is 7.77. The van der Waals surface area contributed by atoms with Crippen LogP contribution >= 0.6 is 0 Å². The number of fused-ring (bicyclic) bond motifs is 2. The van der Waals surface area contributed by atoms with Crippen LogP contribution in [-0.2, 0) is 14.9 Å². The predicted octanol–water partition coefficient (Wildman–Crippen LogP) is 3.77. The summed E-state index contributed by atoms with van der Waals surface area (Å²) in [6.07, 6.45) is 7.07. The van der Waals surface area contributed by atoms with E-state index in [0.29, 0.717) is 37.8 Å². The Morgan fingerprint density at radius 2 is 2.08 bits per heavy atom. The molecule has 1 unspecified atom stereocenters. The fraction of sp³-hybridized carbons (Fsp3) is 0.500. The molecule has 3 aromatic heterocycles. The zero-order valence-electron chi connectivity index (χ0n) is 20.6. The highest BCUT2D eigenvalue weighted by Crippen LogP contribution is 2.58. The van der Waals surface area contributed by atoms with Gasteiger partial charge in [-0.05, 0) is 38.3 Å². The van der Waals surface area contributed by atoms with Gasteiger partial charge < -0.3 is 23.9 Å². The maximum absolute atomic E-state index is 13.4. The number of imidazole rings is 1. The van der Waals surface area contributed by atoms with Gasteiger partial charge in [0.1, 0.15) is 17.1 Å². The Hall–Kier alpha value is -3.31. The lowest BCUT2D eigenvalue weighted by Gasteiger charge is -2.41. The van der Waals surface area contributed by atoms with Crippen LogP contribution in [0.15, 0.2) is 41.6 Å². The van der Waals surface area contributed by atoms with Crippen LogP contribution in [0.1, 0.15) is 55.7 Å². The van der Waals surface area contributed by atoms with E-state index in [1.54, 1.807) is 16.7 Å². The van der Waals surface area contributed by atoms with Crippen LogP contribution in [0.25, 0.3) is 5.65 Å². The Labute approximate surface area is 211 Å². The van der Waals surface area contributed by atoms with Crippen molar-refractivity contribution in [3.63, 3.8) is 0 Å². The van der Waals surface area contributed by atoms with Crippen LogP contribution in [0.3, 0.4) is 0 Å². The van der Waals surface area contributed by atoms with Gasteiger partial charge in [-0.25, -0.2) is 4.98 Å². The zero-order chi connectivity index (χ0) is 26.0. The number of hydrogen-bond acceptors (Lipinski definition) is 6. The molecule has 1 aliphatic carbocycles. The summed E-state index contributed by atoms with van der Waals surface area (Å²) in [5.41, 5.74) is -0.0294. The first kappa shape index (κ1) is 24.1. The van der Waals surface area contributed by atoms with Crippen molar-refractivity contribution in [2.24, 2.45) is 5.41 Å². The lowest BCUT2D eigenvalue weighted by Crippen LogP contribution is -2.45. The molecule has 1 saturated carbocycles. The maximum Gasteiger partial charge on any atom is 0.321 e. The molecular formula is C26H28F2N4O5. The van der Waals surface area contributed by atoms with Crippen LogP contribution in [0.4, 0.5) is 14.5 Å². The van der Waals surface area contributed by atoms with E-state index in [1.165, 1.54) is 12.1 Å². The molecule has 4 aliphatic rings. The molecule has 4 fully saturated rings. The Kier molecular flexibility index (Phi) is 5.43. The van der Waals surface area contributed by atoms with Gasteiger partial charge in [-0.15, -0.1) is 0 Å². The van der Waals surface area contributed by atoms with Crippen LogP contribution in [0, 0.1) is 5.41 Å². The SMILES string of the molecule is CC1(COc2cc3nc(C45COC(C)(C4)C5)cn3cc2C(=O)Nc2cccn(C(F)F)c2=O)CCOC1. The number of halogens is 2. The summed E-state index contributed by atoms with van der Waals surface area (Å²) < 4.78 is 46.0. The Balaban J connectivity index is 1.35. The second kappa shape index (κ2) is 8.35. The largest absolute Gasteiger partial charge is 0.492 e. The van der Waals surface area contributed by atoms with E-state index in [4.69, 9.17) is 19.2 Å². The van der Waals surface area contributed by atoms with Crippen molar-refractivity contribution in [2.45, 2.75) is 50.7 Å². The van der Waals surface area contributed by atoms with E-state index in [9.17, 15) is 18.4 Å². The smallest absolute Gasteiger partial charge is 0.321 e. The van der Waals surface area contributed by atoms with E-state index >= 15 is 0 Å². The van der Waals surface area contributed by atoms with Crippen molar-refractivity contribution in [1.82, 2.24) is 14.0 Å². The van der Waals surface area contributed by atoms with Crippen LogP contribution < -0.4 is 15.6 Å². The zero-order valence-corrected chi connectivity index (χ0v) is 20.6. The Morgan fingerprint density at radius 1 is 1.27 bits per heavy atom. The molecule has 2 bridgehead atoms. The van der Waals surface area contributed by atoms with Gasteiger partial charge in [0.05, 0.1) is 36.7 Å². The number of carbonyl (C=O) groups excluding carboxylic acids is 1. The first-order valence-electron chi connectivity index (χ1n) is 12.3. The van der Waals surface area contributed by atoms with Crippen molar-refractivity contribution in [3.8, 4) is 5.75 Å². The van der Waals surface area contributed by atoms with Gasteiger partial charge in [0.15, 0.2) is 0 Å². The Morgan fingerprint density at radius 3 is 2.76 bits per heavy atom. The first-order valence-corrected chi connectivity index (χ1v) is 12.3. The standard InChI is InChI=1S/C26H28F2N4O5/c1-24(5-7-35-13-24)14-36-18-8-20-30-19(26-11-25(2,12-26)37-15-26)10-31(20)9-16(18)21(33)29-17-4-3-6-32(22(17)34)23(27)28/h3-4,6,8-10,23H,5,7,11-15H2,1-2H3,(H,29,33). The molecule has 1 atom stereocenters. The Bertz CT molecular complexity index is 1440. The molecule has 3 saturated heterocycles. The molecule has 1 N–H and O–H groups in total. The normalized spacial score (nSPS) is 28.6. The van der Waals surface area contributed by atoms with Gasteiger partial charge in [0.2, 0.25) is 0 Å². The van der Waals surface area contributed by atoms with Crippen molar-refractivity contribution < 1.29 is 27.8 Å². The first-order chi connectivity index (χ1) is 17.6. The molecule has 37 heavy (non-hydrogen) atoms. The monoisotopic (exact) mass is 514 g/mol. The van der Waals surface area contributed by atoms with E-state index in [2.05, 4.69) is 19.2 Å². The third-order valence-corrected chi connectivity index (χ3v) is 7.77. The second-order valence-corrected chi connectivity index (χ2v) is 11.1. The van der Waals surface area contributed by atoms with Crippen molar-refractivity contribution in [3.05, 3.63) is 58.4 Å². The van der Waals surface area contributed by atoms with Gasteiger partial charge in [-0.2, -0.15) is 8.78 Å². The topological polar surface area (TPSA) is 96.1 Å². The van der Waals surface area contributed by atoms with E-state index in [1.807, 2.05) is 6.20 Å². The van der Waals surface area contributed by atoms with Gasteiger partial charge in [-0.3, -0.25) is 14.2 Å². The average Bonchev–Trinajstić information content (AvgIpc) is 3.60. The number of nitrogens with one attached hydrogen (secondary N) is 1. The number of rotatable bonds is 7. The third kappa shape index (κ3) is 4.10. The minimum atomic E-state index is -3.02. The minimum absolute atomic E-state index is 0.102. The second-order valence-electron chi connectivity index (χ2n) is 11.1. The summed E-state index contributed by atoms with van der Waals surface area (Å²) in [6.45, 7) is 3.23. The summed E-state index contributed by atoms with van der Waals surface area (Å²) in [5.74, 6) is -0.360. The van der Waals surface area contributed by atoms with Gasteiger partial charge in [0.25, 0.3) is 11.5 Å². The molecule has 3 aliphatic heterocycles. The summed E-state index contributed by atoms with van der Waals surface area (Å²) in [7, 11) is 0. The molecule has 0 radical (unpaired) electrons. The molecule has 6 heterocycles. The van der Waals surface area contributed by atoms with Gasteiger partial charge >= 0.3 is 6.55 Å². The number of ether oxygens (including phenoxy) is 3. The number of carbonyl (C=O) groups is 1. The molecule has 3 aromatic rings. The van der Waals surface area contributed by atoms with Crippen molar-refractivity contribution in [2.75, 3.05) is 31.7 Å². The summed E-state index contributed by atoms with van der Waals surface area (Å²) in [4.78, 5) is 30.6. The molecular weight excluding hydrogens is 486 g/mol. The van der Waals surface area contributed by atoms with Crippen LogP contribution in [-0.4, -0.2) is 51.9 Å². The van der Waals surface area contributed by atoms with E-state index < -0.39 is 18.0 Å². The molecule has 196 valence electrons. The highest BCUT2D eigenvalue weighted by Gasteiger charge is 2.61. The predicted molar refractivity (Wildman–Crippen MR) is 129 cm³/mol. The number of pyridine rings is 2. The quantitative estimate of drug-likeness (QED) is 0.516. The van der Waals surface area contributed by atoms with Crippen molar-refractivity contribution >= 4 is 17.2 Å². The number of alkyl halides is 2. The number of anilines is 1. The molecule has 7 rings (SSSR count). The summed E-state index contributed by atoms with van der Waals surface area (Å²) in [5, 5.41) is 2.48. The highest BCUT2D eigenvalue weighted by atomic mass is 19.3. The number of nitrogens with zero attached hydrogens (tertiary/aromatic N) is 3. The van der Waals surface area contributed by atoms with Crippen molar-refractivity contribution in [1.29, 1.82) is 0 Å². The fourth-order valence-electron chi connectivity index (χ4n) is 5.74. The van der Waals surface area contributed by atoms with Gasteiger partial charge in [-0.1, -0.05) is 6.92 Å². The molecule has 11 heteroatoms. The van der Waals surface area contributed by atoms with E-state index in [0.717, 1.165) is 31.2 Å². The summed E-state index contributed by atoms with van der Waals surface area (Å²) in [6, 6.07) is 4.27. The number of amides is 1. The number of hydrogen-bond donors (Lipinski definition) is 1. The maximum atomic E-state index is 13.4. The molecule has 0 aromatic carbocycles. The fourth-order valence-corrected chi connectivity index (χ4v) is 5.74. The number of aromatic nitrogens is 3. The highest BCUT2D eigenvalue weighted by molar-refractivity contribution is 6.06. The van der Waals surface area contributed by atoms with Crippen LogP contribution in [0.5, 0.6) is 5.75 Å². The van der Waals surface area contributed by atoms with Gasteiger partial charge in [0, 0.05) is 42.1 Å². The van der Waals surface area contributed by atoms with Crippen LogP contribution in [0.2, 0.25) is 0 Å². The summed E-state index contributed by atoms with van der Waals surface area (Å²) >= 11 is 0.